The van der Waals surface area contributed by atoms with Gasteiger partial charge in [-0.3, -0.25) is 0 Å². The Morgan fingerprint density at radius 1 is 1.14 bits per heavy atom. The molecule has 0 aliphatic heterocycles. The number of aliphatic hydroxyl groups excluding tert-OH is 1. The van der Waals surface area contributed by atoms with Crippen LogP contribution in [-0.4, -0.2) is 21.4 Å². The van der Waals surface area contributed by atoms with E-state index in [4.69, 9.17) is 8.94 Å². The number of para-hydroxylation sites is 1. The Morgan fingerprint density at radius 3 is 2.86 bits per heavy atom. The highest BCUT2D eigenvalue weighted by Crippen LogP contribution is 2.33. The van der Waals surface area contributed by atoms with E-state index in [-0.39, 0.29) is 12.0 Å². The third-order valence-corrected chi connectivity index (χ3v) is 4.13. The van der Waals surface area contributed by atoms with Gasteiger partial charge in [0.05, 0.1) is 12.0 Å². The maximum Gasteiger partial charge on any atom is 0.238 e. The first-order valence-corrected chi connectivity index (χ1v) is 7.32. The van der Waals surface area contributed by atoms with Gasteiger partial charge in [0, 0.05) is 5.39 Å². The summed E-state index contributed by atoms with van der Waals surface area (Å²) in [6.45, 7) is 0. The minimum absolute atomic E-state index is 0.0515. The fourth-order valence-corrected chi connectivity index (χ4v) is 2.98. The van der Waals surface area contributed by atoms with Gasteiger partial charge in [-0.2, -0.15) is 4.98 Å². The van der Waals surface area contributed by atoms with Crippen LogP contribution < -0.4 is 0 Å². The van der Waals surface area contributed by atoms with Gasteiger partial charge in [-0.15, -0.1) is 0 Å². The van der Waals surface area contributed by atoms with Crippen LogP contribution in [0.5, 0.6) is 0 Å². The van der Waals surface area contributed by atoms with Crippen molar-refractivity contribution in [3.05, 3.63) is 36.2 Å². The highest BCUT2D eigenvalue weighted by molar-refractivity contribution is 5.81. The smallest absolute Gasteiger partial charge is 0.238 e. The van der Waals surface area contributed by atoms with Gasteiger partial charge in [0.1, 0.15) is 5.58 Å². The van der Waals surface area contributed by atoms with Crippen LogP contribution in [0.25, 0.3) is 22.6 Å². The average molecular weight is 284 g/mol. The van der Waals surface area contributed by atoms with E-state index in [0.717, 1.165) is 36.7 Å². The van der Waals surface area contributed by atoms with Crippen LogP contribution in [0.3, 0.4) is 0 Å². The number of hydrogen-bond acceptors (Lipinski definition) is 5. The summed E-state index contributed by atoms with van der Waals surface area (Å²) in [4.78, 5) is 4.42. The van der Waals surface area contributed by atoms with E-state index in [1.165, 1.54) is 0 Å². The normalized spacial score (nSPS) is 22.7. The second kappa shape index (κ2) is 5.00. The van der Waals surface area contributed by atoms with Crippen molar-refractivity contribution in [2.24, 2.45) is 0 Å². The highest BCUT2D eigenvalue weighted by Gasteiger charge is 2.30. The molecule has 0 spiro atoms. The Morgan fingerprint density at radius 2 is 2.00 bits per heavy atom. The van der Waals surface area contributed by atoms with Crippen molar-refractivity contribution in [1.29, 1.82) is 0 Å². The van der Waals surface area contributed by atoms with Crippen LogP contribution in [0.2, 0.25) is 0 Å². The Kier molecular flexibility index (Phi) is 3.00. The van der Waals surface area contributed by atoms with Crippen molar-refractivity contribution < 1.29 is 14.0 Å². The molecule has 0 bridgehead atoms. The van der Waals surface area contributed by atoms with Crippen LogP contribution in [0.1, 0.15) is 37.5 Å². The monoisotopic (exact) mass is 284 g/mol. The van der Waals surface area contributed by atoms with E-state index >= 15 is 0 Å². The second-order valence-corrected chi connectivity index (χ2v) is 5.56. The molecule has 1 fully saturated rings. The summed E-state index contributed by atoms with van der Waals surface area (Å²) in [7, 11) is 0. The minimum Gasteiger partial charge on any atom is -0.453 e. The molecular weight excluding hydrogens is 268 g/mol. The fourth-order valence-electron chi connectivity index (χ4n) is 2.98. The van der Waals surface area contributed by atoms with Gasteiger partial charge >= 0.3 is 0 Å². The lowest BCUT2D eigenvalue weighted by molar-refractivity contribution is 0.0908. The Balaban J connectivity index is 1.67. The van der Waals surface area contributed by atoms with Gasteiger partial charge < -0.3 is 14.0 Å². The molecule has 1 saturated carbocycles. The van der Waals surface area contributed by atoms with Gasteiger partial charge in [0.25, 0.3) is 0 Å². The third kappa shape index (κ3) is 2.23. The zero-order chi connectivity index (χ0) is 14.2. The first-order valence-electron chi connectivity index (χ1n) is 7.32. The van der Waals surface area contributed by atoms with Crippen LogP contribution in [-0.2, 0) is 0 Å². The largest absolute Gasteiger partial charge is 0.453 e. The molecule has 2 heterocycles. The first-order chi connectivity index (χ1) is 10.3. The number of furan rings is 1. The number of benzene rings is 1. The topological polar surface area (TPSA) is 72.3 Å². The number of nitrogens with zero attached hydrogens (tertiary/aromatic N) is 2. The first kappa shape index (κ1) is 12.6. The quantitative estimate of drug-likeness (QED) is 0.779. The summed E-state index contributed by atoms with van der Waals surface area (Å²) < 4.78 is 11.1. The molecule has 5 heteroatoms. The summed E-state index contributed by atoms with van der Waals surface area (Å²) in [6.07, 6.45) is 3.45. The molecule has 1 aliphatic rings. The van der Waals surface area contributed by atoms with E-state index in [9.17, 15) is 5.11 Å². The van der Waals surface area contributed by atoms with Crippen molar-refractivity contribution in [2.75, 3.05) is 0 Å². The predicted octanol–water partition coefficient (Wildman–Crippen LogP) is 3.50. The molecule has 2 aromatic heterocycles. The van der Waals surface area contributed by atoms with Gasteiger partial charge in [-0.05, 0) is 25.0 Å². The Labute approximate surface area is 121 Å². The zero-order valence-electron chi connectivity index (χ0n) is 11.5. The van der Waals surface area contributed by atoms with Gasteiger partial charge in [-0.25, -0.2) is 0 Å². The number of aromatic nitrogens is 2. The van der Waals surface area contributed by atoms with Crippen molar-refractivity contribution >= 4 is 11.0 Å². The molecule has 21 heavy (non-hydrogen) atoms. The van der Waals surface area contributed by atoms with Crippen molar-refractivity contribution in [2.45, 2.75) is 37.7 Å². The summed E-state index contributed by atoms with van der Waals surface area (Å²) in [6, 6.07) is 9.68. The predicted molar refractivity (Wildman–Crippen MR) is 76.7 cm³/mol. The molecule has 1 N–H and O–H groups in total. The number of rotatable bonds is 2. The average Bonchev–Trinajstić information content (AvgIpc) is 3.14. The minimum atomic E-state index is -0.386. The number of aliphatic hydroxyl groups is 1. The molecule has 3 aromatic rings. The molecule has 0 amide bonds. The van der Waals surface area contributed by atoms with Crippen molar-refractivity contribution in [1.82, 2.24) is 10.1 Å². The molecule has 2 atom stereocenters. The van der Waals surface area contributed by atoms with Crippen molar-refractivity contribution in [3.63, 3.8) is 0 Å². The summed E-state index contributed by atoms with van der Waals surface area (Å²) in [5.74, 6) is 1.50. The second-order valence-electron chi connectivity index (χ2n) is 5.56. The molecular formula is C16H16N2O3. The zero-order valence-corrected chi connectivity index (χ0v) is 11.5. The number of fused-ring (bicyclic) bond motifs is 1. The van der Waals surface area contributed by atoms with E-state index in [1.807, 2.05) is 30.3 Å². The SMILES string of the molecule is OC1CCCCC1c1nc(-c2cc3ccccc3o2)no1. The van der Waals surface area contributed by atoms with Crippen LogP contribution >= 0.6 is 0 Å². The molecule has 5 nitrogen and oxygen atoms in total. The van der Waals surface area contributed by atoms with Gasteiger partial charge in [0.2, 0.25) is 11.7 Å². The van der Waals surface area contributed by atoms with Crippen LogP contribution in [0.4, 0.5) is 0 Å². The molecule has 1 aromatic carbocycles. The maximum absolute atomic E-state index is 10.1. The van der Waals surface area contributed by atoms with Crippen LogP contribution in [0.15, 0.2) is 39.3 Å². The van der Waals surface area contributed by atoms with Gasteiger partial charge in [0.15, 0.2) is 5.76 Å². The van der Waals surface area contributed by atoms with Crippen molar-refractivity contribution in [3.8, 4) is 11.6 Å². The molecule has 1 aliphatic carbocycles. The van der Waals surface area contributed by atoms with E-state index in [2.05, 4.69) is 10.1 Å². The Bertz CT molecular complexity index is 729. The van der Waals surface area contributed by atoms with Crippen LogP contribution in [0, 0.1) is 0 Å². The van der Waals surface area contributed by atoms with E-state index in [0.29, 0.717) is 17.5 Å². The molecule has 4 rings (SSSR count). The summed E-state index contributed by atoms with van der Waals surface area (Å²) in [5, 5.41) is 15.1. The maximum atomic E-state index is 10.1. The third-order valence-electron chi connectivity index (χ3n) is 4.13. The molecule has 0 saturated heterocycles. The number of hydrogen-bond donors (Lipinski definition) is 1. The lowest BCUT2D eigenvalue weighted by atomic mass is 9.86. The highest BCUT2D eigenvalue weighted by atomic mass is 16.5. The lowest BCUT2D eigenvalue weighted by Gasteiger charge is -2.23. The van der Waals surface area contributed by atoms with Gasteiger partial charge in [-0.1, -0.05) is 36.2 Å². The fraction of sp³-hybridized carbons (Fsp3) is 0.375. The summed E-state index contributed by atoms with van der Waals surface area (Å²) >= 11 is 0. The molecule has 2 unspecified atom stereocenters. The molecule has 108 valence electrons. The van der Waals surface area contributed by atoms with E-state index < -0.39 is 0 Å². The molecule has 0 radical (unpaired) electrons. The van der Waals surface area contributed by atoms with E-state index in [1.54, 1.807) is 0 Å². The Hall–Kier alpha value is -2.14. The standard InChI is InChI=1S/C16H16N2O3/c19-12-7-3-2-6-11(12)16-17-15(18-21-16)14-9-10-5-1-4-8-13(10)20-14/h1,4-5,8-9,11-12,19H,2-3,6-7H2. The summed E-state index contributed by atoms with van der Waals surface area (Å²) in [5.41, 5.74) is 0.802. The lowest BCUT2D eigenvalue weighted by Crippen LogP contribution is -2.22.